The van der Waals surface area contributed by atoms with E-state index in [1.54, 1.807) is 7.05 Å². The van der Waals surface area contributed by atoms with Gasteiger partial charge >= 0.3 is 0 Å². The predicted molar refractivity (Wildman–Crippen MR) is 160 cm³/mol. The van der Waals surface area contributed by atoms with E-state index in [9.17, 15) is 22.6 Å². The van der Waals surface area contributed by atoms with E-state index in [0.717, 1.165) is 42.6 Å². The highest BCUT2D eigenvalue weighted by Gasteiger charge is 2.24. The number of carbonyl (C=O) groups is 2. The number of amides is 2. The van der Waals surface area contributed by atoms with Crippen molar-refractivity contribution in [3.8, 4) is 11.5 Å². The molecule has 3 rings (SSSR count). The molecule has 14 heteroatoms. The molecule has 2 amide bonds. The molecule has 0 bridgehead atoms. The van der Waals surface area contributed by atoms with Gasteiger partial charge in [0, 0.05) is 51.3 Å². The van der Waals surface area contributed by atoms with Crippen molar-refractivity contribution in [1.82, 2.24) is 24.5 Å². The summed E-state index contributed by atoms with van der Waals surface area (Å²) >= 11 is 5.81. The normalized spacial score (nSPS) is 14.2. The molecule has 1 atom stereocenters. The lowest BCUT2D eigenvalue weighted by Crippen LogP contribution is -2.49. The average molecular weight is 634 g/mol. The molecule has 2 aromatic rings. The zero-order valence-electron chi connectivity index (χ0n) is 25.0. The summed E-state index contributed by atoms with van der Waals surface area (Å²) in [6, 6.07) is 7.54. The highest BCUT2D eigenvalue weighted by atomic mass is 35.5. The molecule has 0 saturated carbocycles. The molecule has 236 valence electrons. The van der Waals surface area contributed by atoms with Crippen LogP contribution in [0.15, 0.2) is 41.3 Å². The molecule has 1 aliphatic rings. The van der Waals surface area contributed by atoms with Crippen molar-refractivity contribution < 1.29 is 32.5 Å². The van der Waals surface area contributed by atoms with E-state index in [1.165, 1.54) is 34.6 Å². The van der Waals surface area contributed by atoms with Crippen molar-refractivity contribution in [1.29, 1.82) is 0 Å². The number of hydroxylamine groups is 1. The van der Waals surface area contributed by atoms with E-state index in [2.05, 4.69) is 4.90 Å². The van der Waals surface area contributed by atoms with E-state index in [1.807, 2.05) is 39.6 Å². The van der Waals surface area contributed by atoms with Crippen molar-refractivity contribution in [2.24, 2.45) is 0 Å². The first-order chi connectivity index (χ1) is 20.1. The minimum atomic E-state index is -2.21. The molecule has 1 saturated heterocycles. The Morgan fingerprint density at radius 3 is 2.10 bits per heavy atom. The Kier molecular flexibility index (Phi) is 17.3. The second-order valence-electron chi connectivity index (χ2n) is 8.81. The quantitative estimate of drug-likeness (QED) is 0.285. The lowest BCUT2D eigenvalue weighted by Gasteiger charge is -2.33. The Labute approximate surface area is 254 Å². The number of nitrogens with zero attached hydrogens (tertiary/aromatic N) is 4. The van der Waals surface area contributed by atoms with Crippen LogP contribution in [0.5, 0.6) is 11.5 Å². The number of rotatable bonds is 11. The topological polar surface area (TPSA) is 106 Å². The van der Waals surface area contributed by atoms with Crippen LogP contribution in [0.3, 0.4) is 0 Å². The molecule has 2 N–H and O–H groups in total. The van der Waals surface area contributed by atoms with Gasteiger partial charge in [0.15, 0.2) is 17.4 Å². The van der Waals surface area contributed by atoms with Crippen LogP contribution in [-0.4, -0.2) is 107 Å². The largest absolute Gasteiger partial charge is 0.451 e. The Balaban J connectivity index is 0.00000211. The number of halogens is 3. The molecule has 0 aromatic heterocycles. The molecule has 1 unspecified atom stereocenters. The van der Waals surface area contributed by atoms with Gasteiger partial charge in [0.05, 0.1) is 18.0 Å². The van der Waals surface area contributed by atoms with Crippen LogP contribution in [0.25, 0.3) is 0 Å². The highest BCUT2D eigenvalue weighted by Crippen LogP contribution is 2.30. The number of ether oxygens (including phenoxy) is 1. The van der Waals surface area contributed by atoms with Crippen LogP contribution in [-0.2, 0) is 20.6 Å². The summed E-state index contributed by atoms with van der Waals surface area (Å²) in [4.78, 5) is 29.9. The average Bonchev–Trinajstić information content (AvgIpc) is 3.00. The molecular weight excluding hydrogens is 592 g/mol. The fourth-order valence-electron chi connectivity index (χ4n) is 3.62. The van der Waals surface area contributed by atoms with E-state index >= 15 is 0 Å². The molecule has 0 aliphatic carbocycles. The number of nitrogens with one attached hydrogen (secondary N) is 1. The lowest BCUT2D eigenvalue weighted by atomic mass is 10.3. The van der Waals surface area contributed by atoms with Gasteiger partial charge < -0.3 is 14.5 Å². The Hall–Kier alpha value is -2.68. The fraction of sp³-hybridized carbons (Fsp3) is 0.500. The van der Waals surface area contributed by atoms with Gasteiger partial charge in [0.25, 0.3) is 5.91 Å². The number of carbonyl (C=O) groups excluding carboxylic acids is 2. The number of hydrogen-bond donors (Lipinski definition) is 2. The third-order valence-corrected chi connectivity index (χ3v) is 7.62. The van der Waals surface area contributed by atoms with Gasteiger partial charge in [-0.05, 0) is 43.4 Å². The molecule has 42 heavy (non-hydrogen) atoms. The minimum Gasteiger partial charge on any atom is -0.451 e. The number of hydrogen-bond acceptors (Lipinski definition) is 7. The van der Waals surface area contributed by atoms with Crippen LogP contribution < -0.4 is 10.2 Å². The molecule has 0 radical (unpaired) electrons. The van der Waals surface area contributed by atoms with Crippen LogP contribution in [0.2, 0.25) is 5.02 Å². The maximum Gasteiger partial charge on any atom is 0.258 e. The van der Waals surface area contributed by atoms with Crippen LogP contribution in [0, 0.1) is 11.6 Å². The maximum absolute atomic E-state index is 14.8. The van der Waals surface area contributed by atoms with E-state index in [0.29, 0.717) is 5.02 Å². The molecule has 1 heterocycles. The van der Waals surface area contributed by atoms with Gasteiger partial charge in [-0.1, -0.05) is 39.3 Å². The predicted octanol–water partition coefficient (Wildman–Crippen LogP) is 4.00. The summed E-state index contributed by atoms with van der Waals surface area (Å²) in [6.07, 6.45) is 0. The van der Waals surface area contributed by atoms with Gasteiger partial charge in [-0.3, -0.25) is 19.7 Å². The zero-order valence-corrected chi connectivity index (χ0v) is 26.6. The fourth-order valence-corrected chi connectivity index (χ4v) is 4.94. The second-order valence-corrected chi connectivity index (χ2v) is 10.7. The third-order valence-electron chi connectivity index (χ3n) is 5.95. The molecule has 2 aromatic carbocycles. The first-order valence-corrected chi connectivity index (χ1v) is 15.2. The van der Waals surface area contributed by atoms with Gasteiger partial charge in [-0.2, -0.15) is 0 Å². The van der Waals surface area contributed by atoms with Crippen molar-refractivity contribution in [2.75, 3.05) is 66.5 Å². The molecule has 10 nitrogen and oxygen atoms in total. The molecular formula is C28H42ClF2N5O5S. The lowest BCUT2D eigenvalue weighted by molar-refractivity contribution is -0.131. The van der Waals surface area contributed by atoms with Crippen molar-refractivity contribution in [3.05, 3.63) is 53.1 Å². The highest BCUT2D eigenvalue weighted by molar-refractivity contribution is 7.82. The second kappa shape index (κ2) is 19.5. The van der Waals surface area contributed by atoms with E-state index < -0.39 is 40.8 Å². The molecule has 1 fully saturated rings. The molecule has 0 spiro atoms. The summed E-state index contributed by atoms with van der Waals surface area (Å²) < 4.78 is 49.1. The summed E-state index contributed by atoms with van der Waals surface area (Å²) in [7, 11) is 1.38. The van der Waals surface area contributed by atoms with E-state index in [-0.39, 0.29) is 36.2 Å². The number of benzene rings is 2. The number of likely N-dealkylation sites (N-methyl/N-ethyl adjacent to an activating group) is 2. The van der Waals surface area contributed by atoms with Gasteiger partial charge in [0.1, 0.15) is 16.7 Å². The van der Waals surface area contributed by atoms with E-state index in [4.69, 9.17) is 21.5 Å². The summed E-state index contributed by atoms with van der Waals surface area (Å²) in [5, 5.41) is 9.36. The smallest absolute Gasteiger partial charge is 0.258 e. The van der Waals surface area contributed by atoms with Gasteiger partial charge in [0.2, 0.25) is 5.91 Å². The van der Waals surface area contributed by atoms with Crippen LogP contribution >= 0.6 is 11.6 Å². The summed E-state index contributed by atoms with van der Waals surface area (Å²) in [5.41, 5.74) is 1.45. The van der Waals surface area contributed by atoms with Crippen molar-refractivity contribution in [2.45, 2.75) is 32.6 Å². The first kappa shape index (κ1) is 37.3. The van der Waals surface area contributed by atoms with Gasteiger partial charge in [-0.15, -0.1) is 0 Å². The van der Waals surface area contributed by atoms with Crippen molar-refractivity contribution in [3.63, 3.8) is 0 Å². The molecule has 1 aliphatic heterocycles. The Bertz CT molecular complexity index is 1130. The Morgan fingerprint density at radius 2 is 1.57 bits per heavy atom. The summed E-state index contributed by atoms with van der Waals surface area (Å²) in [5.74, 6) is -3.79. The standard InChI is InChI=1S/C24H30ClF2N5O5S.2C2H6/c1-29-7-10-31(11-8-29)16-23(34)30(2)9-12-32(15-22(33)28-35)38(36)19-13-20(26)24(21(27)14-19)37-18-5-3-17(25)4-6-18;2*1-2/h3-6,13-14,35H,7-12,15-16H2,1-2H3,(H,28,33);2*1-2H3. The van der Waals surface area contributed by atoms with Crippen LogP contribution in [0.4, 0.5) is 8.78 Å². The maximum atomic E-state index is 14.8. The van der Waals surface area contributed by atoms with Crippen molar-refractivity contribution >= 4 is 34.4 Å². The number of piperazine rings is 1. The monoisotopic (exact) mass is 633 g/mol. The van der Waals surface area contributed by atoms with Crippen LogP contribution in [0.1, 0.15) is 27.7 Å². The third kappa shape index (κ3) is 11.9. The Morgan fingerprint density at radius 1 is 1.02 bits per heavy atom. The minimum absolute atomic E-state index is 0.0721. The zero-order chi connectivity index (χ0) is 31.8. The SMILES string of the molecule is CC.CC.CN1CCN(CC(=O)N(C)CCN(CC(=O)NO)S(=O)c2cc(F)c(Oc3ccc(Cl)cc3)c(F)c2)CC1. The van der Waals surface area contributed by atoms with Gasteiger partial charge in [-0.25, -0.2) is 22.8 Å². The summed E-state index contributed by atoms with van der Waals surface area (Å²) in [6.45, 7) is 10.9. The first-order valence-electron chi connectivity index (χ1n) is 13.7.